The van der Waals surface area contributed by atoms with Crippen LogP contribution in [0, 0.1) is 17.8 Å². The molecule has 2 aromatic heterocycles. The number of benzene rings is 2. The Hall–Kier alpha value is -5.32. The normalized spacial score (nSPS) is 20.8. The number of anilines is 3. The number of aromatic nitrogens is 4. The van der Waals surface area contributed by atoms with Crippen molar-refractivity contribution >= 4 is 52.9 Å². The number of aryl methyl sites for hydroxylation is 1. The Bertz CT molecular complexity index is 2330. The van der Waals surface area contributed by atoms with Crippen LogP contribution in [0.2, 0.25) is 0 Å². The van der Waals surface area contributed by atoms with Crippen LogP contribution in [0.4, 0.5) is 22.1 Å². The third-order valence-corrected chi connectivity index (χ3v) is 13.6. The van der Waals surface area contributed by atoms with Crippen molar-refractivity contribution in [2.24, 2.45) is 30.5 Å². The summed E-state index contributed by atoms with van der Waals surface area (Å²) in [6.45, 7) is 15.2. The van der Waals surface area contributed by atoms with Gasteiger partial charge in [-0.1, -0.05) is 39.8 Å². The molecule has 3 atom stereocenters. The Labute approximate surface area is 374 Å². The van der Waals surface area contributed by atoms with Gasteiger partial charge in [-0.05, 0) is 129 Å². The fourth-order valence-corrected chi connectivity index (χ4v) is 9.94. The number of piperidine rings is 1. The second-order valence-electron chi connectivity index (χ2n) is 18.1. The molecule has 15 nitrogen and oxygen atoms in total. The van der Waals surface area contributed by atoms with Crippen LogP contribution in [0.25, 0.3) is 0 Å². The zero-order valence-corrected chi connectivity index (χ0v) is 38.6. The summed E-state index contributed by atoms with van der Waals surface area (Å²) in [6, 6.07) is 13.7. The van der Waals surface area contributed by atoms with E-state index in [9.17, 15) is 19.2 Å². The van der Waals surface area contributed by atoms with Crippen molar-refractivity contribution in [3.8, 4) is 0 Å². The molecule has 63 heavy (non-hydrogen) atoms. The lowest BCUT2D eigenvalue weighted by molar-refractivity contribution is -0.127. The van der Waals surface area contributed by atoms with Crippen LogP contribution in [0.3, 0.4) is 0 Å². The van der Waals surface area contributed by atoms with Crippen LogP contribution in [-0.2, 0) is 46.5 Å². The van der Waals surface area contributed by atoms with E-state index in [2.05, 4.69) is 58.0 Å². The number of hydrogen-bond donors (Lipinski definition) is 3. The van der Waals surface area contributed by atoms with Crippen LogP contribution in [0.1, 0.15) is 106 Å². The summed E-state index contributed by atoms with van der Waals surface area (Å²) in [5.41, 5.74) is 10.4. The highest BCUT2D eigenvalue weighted by atomic mass is 32.2. The SMILES string of the molecule is CCN(C(=O)OCc1ccc(NC(=O)[C@H](C)NC(=O)[C@@H](N)C(C)C)cc1)c1cc(C2(c3nncn3C)CC(C)C2)cc(N2Cc3c(SC)cc(CN4CCC[C@H](C)C4)cc3C2=O)n1. The lowest BCUT2D eigenvalue weighted by Crippen LogP contribution is -2.50. The van der Waals surface area contributed by atoms with Gasteiger partial charge < -0.3 is 25.7 Å². The number of pyridine rings is 1. The van der Waals surface area contributed by atoms with Gasteiger partial charge in [0.2, 0.25) is 11.8 Å². The van der Waals surface area contributed by atoms with Gasteiger partial charge in [-0.2, -0.15) is 0 Å². The number of nitrogens with one attached hydrogen (secondary N) is 2. The molecule has 4 aromatic rings. The molecule has 4 heterocycles. The Morgan fingerprint density at radius 2 is 1.78 bits per heavy atom. The van der Waals surface area contributed by atoms with Crippen molar-refractivity contribution in [2.45, 2.75) is 109 Å². The number of nitrogens with zero attached hydrogens (tertiary/aromatic N) is 7. The summed E-state index contributed by atoms with van der Waals surface area (Å²) in [5, 5.41) is 14.3. The monoisotopic (exact) mass is 878 g/mol. The van der Waals surface area contributed by atoms with Crippen molar-refractivity contribution in [1.29, 1.82) is 0 Å². The molecule has 16 heteroatoms. The van der Waals surface area contributed by atoms with Crippen LogP contribution >= 0.6 is 11.8 Å². The van der Waals surface area contributed by atoms with Gasteiger partial charge in [0.15, 0.2) is 0 Å². The summed E-state index contributed by atoms with van der Waals surface area (Å²) < 4.78 is 7.84. The number of ether oxygens (including phenoxy) is 1. The lowest BCUT2D eigenvalue weighted by Gasteiger charge is -2.46. The first kappa shape index (κ1) is 45.7. The number of fused-ring (bicyclic) bond motifs is 1. The van der Waals surface area contributed by atoms with Crippen molar-refractivity contribution in [1.82, 2.24) is 30.0 Å². The summed E-state index contributed by atoms with van der Waals surface area (Å²) in [6.07, 6.45) is 7.23. The highest BCUT2D eigenvalue weighted by Gasteiger charge is 2.49. The van der Waals surface area contributed by atoms with E-state index in [1.165, 1.54) is 17.7 Å². The highest BCUT2D eigenvalue weighted by Crippen LogP contribution is 2.52. The summed E-state index contributed by atoms with van der Waals surface area (Å²) in [4.78, 5) is 65.7. The maximum absolute atomic E-state index is 14.6. The summed E-state index contributed by atoms with van der Waals surface area (Å²) in [5.74, 6) is 1.78. The third kappa shape index (κ3) is 9.77. The second-order valence-corrected chi connectivity index (χ2v) is 19.0. The van der Waals surface area contributed by atoms with Gasteiger partial charge in [0.25, 0.3) is 5.91 Å². The van der Waals surface area contributed by atoms with E-state index in [1.807, 2.05) is 44.5 Å². The number of thioether (sulfide) groups is 1. The van der Waals surface area contributed by atoms with Crippen molar-refractivity contribution in [3.05, 3.63) is 88.5 Å². The van der Waals surface area contributed by atoms with Crippen LogP contribution < -0.4 is 26.2 Å². The van der Waals surface area contributed by atoms with Crippen molar-refractivity contribution < 1.29 is 23.9 Å². The smallest absolute Gasteiger partial charge is 0.415 e. The van der Waals surface area contributed by atoms with E-state index in [-0.39, 0.29) is 30.9 Å². The largest absolute Gasteiger partial charge is 0.444 e. The van der Waals surface area contributed by atoms with Gasteiger partial charge in [0, 0.05) is 42.8 Å². The standard InChI is InChI=1S/C47H62N10O5S/c1-9-56(46(61)62-26-32-12-14-35(15-13-32)51-42(58)31(6)50-43(59)41(48)28(2)3)39-19-34(47(21-30(5)22-47)45-53-49-27-54(45)7)20-40(52-39)57-25-37-36(44(57)60)17-33(18-38(37)63-8)24-55-16-10-11-29(4)23-55/h12-15,17-20,27-31,41H,9-11,16,21-26,48H2,1-8H3,(H,50,59)(H,51,58)/t29-,30?,31-,41-,47?/m0/s1. The van der Waals surface area contributed by atoms with E-state index >= 15 is 0 Å². The van der Waals surface area contributed by atoms with Crippen molar-refractivity contribution in [3.63, 3.8) is 0 Å². The van der Waals surface area contributed by atoms with E-state index in [1.54, 1.807) is 54.2 Å². The average Bonchev–Trinajstić information content (AvgIpc) is 3.83. The topological polar surface area (TPSA) is 181 Å². The summed E-state index contributed by atoms with van der Waals surface area (Å²) in [7, 11) is 1.94. The fourth-order valence-electron chi connectivity index (χ4n) is 9.25. The first-order chi connectivity index (χ1) is 30.1. The molecule has 0 bridgehead atoms. The quantitative estimate of drug-likeness (QED) is 0.109. The zero-order chi connectivity index (χ0) is 45.2. The zero-order valence-electron chi connectivity index (χ0n) is 37.8. The Balaban J connectivity index is 1.13. The van der Waals surface area contributed by atoms with E-state index < -0.39 is 29.5 Å². The molecule has 1 saturated carbocycles. The highest BCUT2D eigenvalue weighted by molar-refractivity contribution is 7.98. The second kappa shape index (κ2) is 19.2. The van der Waals surface area contributed by atoms with Gasteiger partial charge in [0.05, 0.1) is 18.0 Å². The maximum Gasteiger partial charge on any atom is 0.415 e. The average molecular weight is 879 g/mol. The lowest BCUT2D eigenvalue weighted by atomic mass is 9.58. The minimum absolute atomic E-state index is 0.0356. The predicted octanol–water partition coefficient (Wildman–Crippen LogP) is 6.63. The van der Waals surface area contributed by atoms with E-state index in [4.69, 9.17) is 15.5 Å². The van der Waals surface area contributed by atoms with Crippen molar-refractivity contribution in [2.75, 3.05) is 41.0 Å². The fraction of sp³-hybridized carbons (Fsp3) is 0.511. The Morgan fingerprint density at radius 3 is 2.41 bits per heavy atom. The molecular formula is C47H62N10O5S. The molecule has 2 aromatic carbocycles. The molecule has 0 radical (unpaired) electrons. The van der Waals surface area contributed by atoms with Gasteiger partial charge in [0.1, 0.15) is 36.4 Å². The minimum atomic E-state index is -0.795. The molecule has 1 saturated heterocycles. The third-order valence-electron chi connectivity index (χ3n) is 12.8. The number of amides is 4. The van der Waals surface area contributed by atoms with E-state index in [0.717, 1.165) is 59.9 Å². The molecule has 0 unspecified atom stereocenters. The molecule has 4 amide bonds. The number of rotatable bonds is 15. The Morgan fingerprint density at radius 1 is 1.03 bits per heavy atom. The van der Waals surface area contributed by atoms with Gasteiger partial charge in [-0.15, -0.1) is 22.0 Å². The van der Waals surface area contributed by atoms with Crippen LogP contribution in [-0.4, -0.2) is 86.4 Å². The number of carbonyl (C=O) groups is 4. The molecule has 2 fully saturated rings. The molecule has 2 aliphatic heterocycles. The van der Waals surface area contributed by atoms with E-state index in [0.29, 0.717) is 46.8 Å². The van der Waals surface area contributed by atoms with Crippen LogP contribution in [0.5, 0.6) is 0 Å². The molecule has 1 aliphatic carbocycles. The first-order valence-electron chi connectivity index (χ1n) is 22.1. The number of hydrogen-bond acceptors (Lipinski definition) is 11. The number of likely N-dealkylation sites (tertiary alicyclic amines) is 1. The van der Waals surface area contributed by atoms with Gasteiger partial charge in [-0.25, -0.2) is 9.78 Å². The Kier molecular flexibility index (Phi) is 13.9. The van der Waals surface area contributed by atoms with Gasteiger partial charge in [-0.3, -0.25) is 29.1 Å². The number of nitrogens with two attached hydrogens (primary N) is 1. The molecule has 336 valence electrons. The maximum atomic E-state index is 14.6. The minimum Gasteiger partial charge on any atom is -0.444 e. The molecule has 0 spiro atoms. The van der Waals surface area contributed by atoms with Crippen LogP contribution in [0.15, 0.2) is 59.8 Å². The van der Waals surface area contributed by atoms with Gasteiger partial charge >= 0.3 is 6.09 Å². The molecule has 3 aliphatic rings. The number of carbonyl (C=O) groups excluding carboxylic acids is 4. The molecule has 4 N–H and O–H groups in total. The molecule has 7 rings (SSSR count). The predicted molar refractivity (Wildman–Crippen MR) is 246 cm³/mol. The molecular weight excluding hydrogens is 817 g/mol. The summed E-state index contributed by atoms with van der Waals surface area (Å²) >= 11 is 1.66. The first-order valence-corrected chi connectivity index (χ1v) is 23.3.